The molecule has 0 amide bonds. The van der Waals surface area contributed by atoms with E-state index in [2.05, 4.69) is 23.8 Å². The molecule has 4 atom stereocenters. The smallest absolute Gasteiger partial charge is 0.311 e. The number of nitrogens with zero attached hydrogens (tertiary/aromatic N) is 1. The fourth-order valence-corrected chi connectivity index (χ4v) is 4.72. The number of nitrogens with one attached hydrogen (secondary N) is 1. The number of ether oxygens (including phenoxy) is 1. The average Bonchev–Trinajstić information content (AvgIpc) is 2.83. The van der Waals surface area contributed by atoms with E-state index >= 15 is 0 Å². The van der Waals surface area contributed by atoms with Gasteiger partial charge in [-0.1, -0.05) is 55.8 Å². The molecule has 1 saturated heterocycles. The van der Waals surface area contributed by atoms with Crippen LogP contribution in [0.4, 0.5) is 4.39 Å². The average molecular weight is 433 g/mol. The van der Waals surface area contributed by atoms with Gasteiger partial charge in [-0.3, -0.25) is 9.78 Å². The summed E-state index contributed by atoms with van der Waals surface area (Å²) in [5, 5.41) is 4.54. The van der Waals surface area contributed by atoms with Crippen LogP contribution in [0.2, 0.25) is 0 Å². The molecule has 1 aliphatic rings. The maximum Gasteiger partial charge on any atom is 0.311 e. The van der Waals surface area contributed by atoms with E-state index in [1.165, 1.54) is 6.07 Å². The van der Waals surface area contributed by atoms with Crippen molar-refractivity contribution in [3.8, 4) is 0 Å². The van der Waals surface area contributed by atoms with Crippen molar-refractivity contribution >= 4 is 16.9 Å². The highest BCUT2D eigenvalue weighted by atomic mass is 19.1. The molecule has 3 aromatic rings. The number of halogens is 1. The SMILES string of the molecule is C=C[C@H]1CN[C@H]([C@H](OC(=O)Cc2ccccc2F)c2ccnc3ccccc23)C[C@@H]1CC. The van der Waals surface area contributed by atoms with Crippen LogP contribution in [-0.2, 0) is 16.0 Å². The standard InChI is InChI=1S/C27H29FN2O2/c1-3-18-15-25(30-17-19(18)4-2)27(22-13-14-29-24-12-8-6-10-21(22)24)32-26(31)16-20-9-5-7-11-23(20)28/h4-14,18-19,25,27,30H,2-3,15-17H2,1H3/t18-,19-,25-,27+/m0/s1. The number of carbonyl (C=O) groups excluding carboxylic acids is 1. The third-order valence-corrected chi connectivity index (χ3v) is 6.51. The second kappa shape index (κ2) is 10.0. The molecule has 0 spiro atoms. The van der Waals surface area contributed by atoms with Crippen LogP contribution < -0.4 is 5.32 Å². The second-order valence-corrected chi connectivity index (χ2v) is 8.41. The van der Waals surface area contributed by atoms with Gasteiger partial charge in [0.1, 0.15) is 11.9 Å². The monoisotopic (exact) mass is 432 g/mol. The van der Waals surface area contributed by atoms with Gasteiger partial charge in [0.2, 0.25) is 0 Å². The Kier molecular flexibility index (Phi) is 6.96. The summed E-state index contributed by atoms with van der Waals surface area (Å²) >= 11 is 0. The van der Waals surface area contributed by atoms with E-state index in [0.29, 0.717) is 17.4 Å². The molecular weight excluding hydrogens is 403 g/mol. The molecule has 0 bridgehead atoms. The first-order chi connectivity index (χ1) is 15.6. The van der Waals surface area contributed by atoms with Crippen molar-refractivity contribution in [3.05, 3.63) is 90.4 Å². The van der Waals surface area contributed by atoms with Crippen LogP contribution in [0.5, 0.6) is 0 Å². The highest BCUT2D eigenvalue weighted by molar-refractivity contribution is 5.83. The van der Waals surface area contributed by atoms with E-state index in [1.807, 2.05) is 36.4 Å². The minimum atomic E-state index is -0.498. The van der Waals surface area contributed by atoms with Gasteiger partial charge in [-0.25, -0.2) is 4.39 Å². The number of pyridine rings is 1. The Labute approximate surface area is 188 Å². The summed E-state index contributed by atoms with van der Waals surface area (Å²) in [6.07, 6.45) is 5.05. The lowest BCUT2D eigenvalue weighted by atomic mass is 9.79. The van der Waals surface area contributed by atoms with Crippen LogP contribution in [0.25, 0.3) is 10.9 Å². The molecule has 2 aromatic carbocycles. The first-order valence-corrected chi connectivity index (χ1v) is 11.2. The van der Waals surface area contributed by atoms with Crippen molar-refractivity contribution in [2.24, 2.45) is 11.8 Å². The predicted octanol–water partition coefficient (Wildman–Crippen LogP) is 5.39. The molecule has 0 saturated carbocycles. The third kappa shape index (κ3) is 4.73. The minimum Gasteiger partial charge on any atom is -0.456 e. The van der Waals surface area contributed by atoms with Crippen molar-refractivity contribution in [1.82, 2.24) is 10.3 Å². The van der Waals surface area contributed by atoms with Gasteiger partial charge in [-0.15, -0.1) is 6.58 Å². The summed E-state index contributed by atoms with van der Waals surface area (Å²) in [5.41, 5.74) is 2.11. The molecule has 0 aliphatic carbocycles. The number of para-hydroxylation sites is 1. The molecule has 1 N–H and O–H groups in total. The molecule has 0 unspecified atom stereocenters. The Morgan fingerprint density at radius 2 is 2.03 bits per heavy atom. The fraction of sp³-hybridized carbons (Fsp3) is 0.333. The maximum atomic E-state index is 14.1. The van der Waals surface area contributed by atoms with E-state index in [4.69, 9.17) is 4.74 Å². The van der Waals surface area contributed by atoms with Gasteiger partial charge in [0, 0.05) is 29.7 Å². The van der Waals surface area contributed by atoms with E-state index < -0.39 is 17.9 Å². The molecule has 5 heteroatoms. The van der Waals surface area contributed by atoms with Gasteiger partial charge in [0.15, 0.2) is 0 Å². The molecule has 1 fully saturated rings. The quantitative estimate of drug-likeness (QED) is 0.402. The number of benzene rings is 2. The summed E-state index contributed by atoms with van der Waals surface area (Å²) < 4.78 is 20.2. The molecule has 2 heterocycles. The number of fused-ring (bicyclic) bond motifs is 1. The summed E-state index contributed by atoms with van der Waals surface area (Å²) in [4.78, 5) is 17.4. The Bertz CT molecular complexity index is 1090. The number of carbonyl (C=O) groups is 1. The fourth-order valence-electron chi connectivity index (χ4n) is 4.72. The maximum absolute atomic E-state index is 14.1. The van der Waals surface area contributed by atoms with E-state index in [9.17, 15) is 9.18 Å². The van der Waals surface area contributed by atoms with Gasteiger partial charge in [-0.05, 0) is 42.0 Å². The van der Waals surface area contributed by atoms with Gasteiger partial charge >= 0.3 is 5.97 Å². The lowest BCUT2D eigenvalue weighted by Gasteiger charge is -2.39. The summed E-state index contributed by atoms with van der Waals surface area (Å²) in [5.74, 6) is 0.00697. The first-order valence-electron chi connectivity index (χ1n) is 11.2. The molecule has 166 valence electrons. The number of esters is 1. The lowest BCUT2D eigenvalue weighted by molar-refractivity contribution is -0.151. The number of hydrogen-bond acceptors (Lipinski definition) is 4. The van der Waals surface area contributed by atoms with Crippen LogP contribution in [0, 0.1) is 17.7 Å². The normalized spacial score (nSPS) is 21.8. The highest BCUT2D eigenvalue weighted by Crippen LogP contribution is 2.36. The van der Waals surface area contributed by atoms with Crippen LogP contribution in [0.15, 0.2) is 73.4 Å². The first kappa shape index (κ1) is 22.2. The van der Waals surface area contributed by atoms with Gasteiger partial charge in [-0.2, -0.15) is 0 Å². The molecule has 1 aromatic heterocycles. The van der Waals surface area contributed by atoms with Crippen molar-refractivity contribution in [3.63, 3.8) is 0 Å². The second-order valence-electron chi connectivity index (χ2n) is 8.41. The van der Waals surface area contributed by atoms with E-state index in [0.717, 1.165) is 35.9 Å². The Hall–Kier alpha value is -3.05. The Morgan fingerprint density at radius 1 is 1.25 bits per heavy atom. The van der Waals surface area contributed by atoms with Gasteiger partial charge < -0.3 is 10.1 Å². The zero-order chi connectivity index (χ0) is 22.5. The number of hydrogen-bond donors (Lipinski definition) is 1. The third-order valence-electron chi connectivity index (χ3n) is 6.51. The lowest BCUT2D eigenvalue weighted by Crippen LogP contribution is -2.47. The van der Waals surface area contributed by atoms with Crippen molar-refractivity contribution < 1.29 is 13.9 Å². The molecular formula is C27H29FN2O2. The minimum absolute atomic E-state index is 0.0495. The zero-order valence-electron chi connectivity index (χ0n) is 18.3. The van der Waals surface area contributed by atoms with Crippen molar-refractivity contribution in [2.75, 3.05) is 6.54 Å². The largest absolute Gasteiger partial charge is 0.456 e. The summed E-state index contributed by atoms with van der Waals surface area (Å²) in [6, 6.07) is 16.1. The summed E-state index contributed by atoms with van der Waals surface area (Å²) in [6.45, 7) is 6.96. The van der Waals surface area contributed by atoms with E-state index in [1.54, 1.807) is 24.4 Å². The molecule has 4 nitrogen and oxygen atoms in total. The zero-order valence-corrected chi connectivity index (χ0v) is 18.3. The van der Waals surface area contributed by atoms with Crippen LogP contribution in [0.3, 0.4) is 0 Å². The predicted molar refractivity (Wildman–Crippen MR) is 125 cm³/mol. The molecule has 32 heavy (non-hydrogen) atoms. The van der Waals surface area contributed by atoms with Gasteiger partial charge in [0.25, 0.3) is 0 Å². The number of piperidine rings is 1. The number of aromatic nitrogens is 1. The van der Waals surface area contributed by atoms with Crippen LogP contribution in [-0.4, -0.2) is 23.5 Å². The summed E-state index contributed by atoms with van der Waals surface area (Å²) in [7, 11) is 0. The van der Waals surface area contributed by atoms with Crippen LogP contribution >= 0.6 is 0 Å². The number of rotatable bonds is 7. The molecule has 4 rings (SSSR count). The van der Waals surface area contributed by atoms with E-state index in [-0.39, 0.29) is 12.5 Å². The topological polar surface area (TPSA) is 51.2 Å². The molecule has 0 radical (unpaired) electrons. The Balaban J connectivity index is 1.66. The van der Waals surface area contributed by atoms with Crippen molar-refractivity contribution in [2.45, 2.75) is 38.3 Å². The molecule has 1 aliphatic heterocycles. The van der Waals surface area contributed by atoms with Crippen LogP contribution in [0.1, 0.15) is 37.0 Å². The van der Waals surface area contributed by atoms with Gasteiger partial charge in [0.05, 0.1) is 11.9 Å². The van der Waals surface area contributed by atoms with Crippen molar-refractivity contribution in [1.29, 1.82) is 0 Å². The highest BCUT2D eigenvalue weighted by Gasteiger charge is 2.35. The Morgan fingerprint density at radius 3 is 2.81 bits per heavy atom.